The van der Waals surface area contributed by atoms with Crippen molar-refractivity contribution >= 4 is 5.97 Å². The van der Waals surface area contributed by atoms with Crippen LogP contribution in [0.15, 0.2) is 24.3 Å². The molecule has 0 aliphatic carbocycles. The Morgan fingerprint density at radius 2 is 1.90 bits per heavy atom. The van der Waals surface area contributed by atoms with E-state index in [0.29, 0.717) is 12.4 Å². The van der Waals surface area contributed by atoms with Gasteiger partial charge in [-0.1, -0.05) is 0 Å². The molecule has 0 saturated carbocycles. The van der Waals surface area contributed by atoms with Gasteiger partial charge in [0.2, 0.25) is 0 Å². The Hall–Kier alpha value is -1.79. The topological polar surface area (TPSA) is 77.0 Å². The quantitative estimate of drug-likeness (QED) is 0.662. The van der Waals surface area contributed by atoms with Crippen molar-refractivity contribution in [3.8, 4) is 11.5 Å². The van der Waals surface area contributed by atoms with Gasteiger partial charge in [0.25, 0.3) is 0 Å². The normalized spacial score (nSPS) is 13.3. The number of nitrogens with one attached hydrogen (secondary N) is 1. The highest BCUT2D eigenvalue weighted by Crippen LogP contribution is 2.16. The number of hydrogen-bond donors (Lipinski definition) is 2. The van der Waals surface area contributed by atoms with E-state index in [1.807, 2.05) is 0 Å². The monoisotopic (exact) mass is 297 g/mol. The fourth-order valence-electron chi connectivity index (χ4n) is 1.59. The molecule has 2 unspecified atom stereocenters. The van der Waals surface area contributed by atoms with E-state index < -0.39 is 12.1 Å². The van der Waals surface area contributed by atoms with Crippen molar-refractivity contribution in [1.82, 2.24) is 5.32 Å². The van der Waals surface area contributed by atoms with Gasteiger partial charge in [0.15, 0.2) is 0 Å². The third-order valence-electron chi connectivity index (χ3n) is 2.80. The third kappa shape index (κ3) is 6.46. The summed E-state index contributed by atoms with van der Waals surface area (Å²) < 4.78 is 15.3. The van der Waals surface area contributed by atoms with E-state index in [4.69, 9.17) is 14.2 Å². The van der Waals surface area contributed by atoms with E-state index in [2.05, 4.69) is 5.32 Å². The first kappa shape index (κ1) is 17.3. The molecule has 0 aliphatic rings. The van der Waals surface area contributed by atoms with Crippen LogP contribution in [-0.2, 0) is 9.53 Å². The van der Waals surface area contributed by atoms with Gasteiger partial charge in [-0.3, -0.25) is 4.79 Å². The van der Waals surface area contributed by atoms with Crippen molar-refractivity contribution in [2.75, 3.05) is 26.9 Å². The molecule has 0 amide bonds. The summed E-state index contributed by atoms with van der Waals surface area (Å²) in [7, 11) is 1.59. The fourth-order valence-corrected chi connectivity index (χ4v) is 1.59. The summed E-state index contributed by atoms with van der Waals surface area (Å²) in [4.78, 5) is 11.4. The predicted molar refractivity (Wildman–Crippen MR) is 78.6 cm³/mol. The van der Waals surface area contributed by atoms with Gasteiger partial charge in [0.05, 0.1) is 13.7 Å². The van der Waals surface area contributed by atoms with Crippen LogP contribution in [0.25, 0.3) is 0 Å². The van der Waals surface area contributed by atoms with Gasteiger partial charge in [-0.05, 0) is 38.1 Å². The van der Waals surface area contributed by atoms with Gasteiger partial charge in [0, 0.05) is 6.54 Å². The molecule has 0 radical (unpaired) electrons. The lowest BCUT2D eigenvalue weighted by Crippen LogP contribution is -2.41. The number of esters is 1. The minimum Gasteiger partial charge on any atom is -0.497 e. The summed E-state index contributed by atoms with van der Waals surface area (Å²) in [5.74, 6) is 1.06. The molecule has 0 aromatic heterocycles. The maximum absolute atomic E-state index is 11.4. The van der Waals surface area contributed by atoms with Crippen molar-refractivity contribution < 1.29 is 24.1 Å². The smallest absolute Gasteiger partial charge is 0.322 e. The zero-order valence-electron chi connectivity index (χ0n) is 12.7. The molecule has 0 fully saturated rings. The van der Waals surface area contributed by atoms with Gasteiger partial charge in [-0.2, -0.15) is 0 Å². The van der Waals surface area contributed by atoms with Gasteiger partial charge in [0.1, 0.15) is 30.3 Å². The first-order chi connectivity index (χ1) is 10.1. The highest BCUT2D eigenvalue weighted by atomic mass is 16.5. The predicted octanol–water partition coefficient (Wildman–Crippen LogP) is 0.976. The second-order valence-electron chi connectivity index (χ2n) is 4.52. The minimum absolute atomic E-state index is 0.134. The van der Waals surface area contributed by atoms with Crippen molar-refractivity contribution in [3.63, 3.8) is 0 Å². The number of hydrogen-bond acceptors (Lipinski definition) is 6. The lowest BCUT2D eigenvalue weighted by atomic mass is 10.3. The van der Waals surface area contributed by atoms with Crippen LogP contribution in [0.5, 0.6) is 11.5 Å². The molecule has 6 heteroatoms. The van der Waals surface area contributed by atoms with E-state index in [1.165, 1.54) is 0 Å². The highest BCUT2D eigenvalue weighted by Gasteiger charge is 2.15. The molecule has 0 heterocycles. The Labute approximate surface area is 125 Å². The number of methoxy groups -OCH3 is 1. The van der Waals surface area contributed by atoms with Gasteiger partial charge < -0.3 is 24.6 Å². The molecule has 0 bridgehead atoms. The maximum Gasteiger partial charge on any atom is 0.322 e. The third-order valence-corrected chi connectivity index (χ3v) is 2.80. The molecule has 2 N–H and O–H groups in total. The average Bonchev–Trinajstić information content (AvgIpc) is 2.51. The summed E-state index contributed by atoms with van der Waals surface area (Å²) in [5.41, 5.74) is 0. The number of ether oxygens (including phenoxy) is 3. The minimum atomic E-state index is -0.719. The molecule has 6 nitrogen and oxygen atoms in total. The van der Waals surface area contributed by atoms with Crippen LogP contribution < -0.4 is 14.8 Å². The van der Waals surface area contributed by atoms with Crippen LogP contribution in [0, 0.1) is 0 Å². The highest BCUT2D eigenvalue weighted by molar-refractivity contribution is 5.75. The number of rotatable bonds is 9. The Morgan fingerprint density at radius 3 is 2.48 bits per heavy atom. The number of carbonyl (C=O) groups is 1. The molecular formula is C15H23NO5. The van der Waals surface area contributed by atoms with E-state index in [9.17, 15) is 9.90 Å². The molecule has 0 spiro atoms. The largest absolute Gasteiger partial charge is 0.497 e. The first-order valence-electron chi connectivity index (χ1n) is 6.91. The summed E-state index contributed by atoms with van der Waals surface area (Å²) in [5, 5.41) is 12.7. The van der Waals surface area contributed by atoms with Crippen molar-refractivity contribution in [2.45, 2.75) is 26.0 Å². The molecule has 1 aromatic rings. The molecule has 2 atom stereocenters. The summed E-state index contributed by atoms with van der Waals surface area (Å²) in [6.07, 6.45) is -0.719. The molecule has 118 valence electrons. The summed E-state index contributed by atoms with van der Waals surface area (Å²) in [6, 6.07) is 6.63. The van der Waals surface area contributed by atoms with Crippen LogP contribution in [0.2, 0.25) is 0 Å². The molecule has 1 aromatic carbocycles. The lowest BCUT2D eigenvalue weighted by Gasteiger charge is -2.16. The summed E-state index contributed by atoms with van der Waals surface area (Å²) in [6.45, 7) is 4.16. The molecule has 1 rings (SSSR count). The van der Waals surface area contributed by atoms with Crippen LogP contribution in [0.3, 0.4) is 0 Å². The van der Waals surface area contributed by atoms with E-state index in [-0.39, 0.29) is 19.1 Å². The lowest BCUT2D eigenvalue weighted by molar-refractivity contribution is -0.145. The fraction of sp³-hybridized carbons (Fsp3) is 0.533. The van der Waals surface area contributed by atoms with Crippen LogP contribution in [-0.4, -0.2) is 50.1 Å². The Bertz CT molecular complexity index is 421. The van der Waals surface area contributed by atoms with Crippen LogP contribution in [0.1, 0.15) is 13.8 Å². The van der Waals surface area contributed by atoms with Crippen molar-refractivity contribution in [3.05, 3.63) is 24.3 Å². The van der Waals surface area contributed by atoms with Crippen LogP contribution >= 0.6 is 0 Å². The van der Waals surface area contributed by atoms with E-state index in [0.717, 1.165) is 5.75 Å². The summed E-state index contributed by atoms with van der Waals surface area (Å²) >= 11 is 0. The average molecular weight is 297 g/mol. The second-order valence-corrected chi connectivity index (χ2v) is 4.52. The first-order valence-corrected chi connectivity index (χ1v) is 6.91. The van der Waals surface area contributed by atoms with Gasteiger partial charge in [-0.15, -0.1) is 0 Å². The van der Waals surface area contributed by atoms with E-state index in [1.54, 1.807) is 45.2 Å². The zero-order chi connectivity index (χ0) is 15.7. The molecule has 21 heavy (non-hydrogen) atoms. The number of carbonyl (C=O) groups excluding carboxylic acids is 1. The maximum atomic E-state index is 11.4. The number of aliphatic hydroxyl groups excluding tert-OH is 1. The SMILES string of the molecule is CCOC(=O)C(C)NCC(O)COc1ccc(OC)cc1. The Balaban J connectivity index is 2.26. The van der Waals surface area contributed by atoms with Crippen molar-refractivity contribution in [1.29, 1.82) is 0 Å². The second kappa shape index (κ2) is 9.20. The Morgan fingerprint density at radius 1 is 1.29 bits per heavy atom. The number of benzene rings is 1. The molecule has 0 saturated heterocycles. The molecule has 0 aliphatic heterocycles. The van der Waals surface area contributed by atoms with Gasteiger partial charge >= 0.3 is 5.97 Å². The van der Waals surface area contributed by atoms with Crippen LogP contribution in [0.4, 0.5) is 0 Å². The number of aliphatic hydroxyl groups is 1. The zero-order valence-corrected chi connectivity index (χ0v) is 12.7. The van der Waals surface area contributed by atoms with E-state index >= 15 is 0 Å². The standard InChI is InChI=1S/C15H23NO5/c1-4-20-15(18)11(2)16-9-12(17)10-21-14-7-5-13(19-3)6-8-14/h5-8,11-12,16-17H,4,9-10H2,1-3H3. The van der Waals surface area contributed by atoms with Crippen molar-refractivity contribution in [2.24, 2.45) is 0 Å². The molecular weight excluding hydrogens is 274 g/mol. The van der Waals surface area contributed by atoms with Gasteiger partial charge in [-0.25, -0.2) is 0 Å². The Kier molecular flexibility index (Phi) is 7.56.